The summed E-state index contributed by atoms with van der Waals surface area (Å²) in [7, 11) is 0. The van der Waals surface area contributed by atoms with Crippen molar-refractivity contribution in [3.8, 4) is 0 Å². The quantitative estimate of drug-likeness (QED) is 0.0153. The number of unbranched alkanes of at least 4 members (excludes halogenated alkanes) is 4. The maximum Gasteiger partial charge on any atom is 0.326 e. The molecule has 0 heterocycles. The number of aliphatic carboxylic acids is 3. The van der Waals surface area contributed by atoms with Crippen molar-refractivity contribution < 1.29 is 102 Å². The third kappa shape index (κ3) is 64.8. The molecule has 60 N–H and O–H groups in total. The molecule has 0 aromatic carbocycles. The van der Waals surface area contributed by atoms with Crippen LogP contribution in [0.2, 0.25) is 0 Å². The van der Waals surface area contributed by atoms with Crippen molar-refractivity contribution in [2.45, 2.75) is 277 Å². The van der Waals surface area contributed by atoms with Gasteiger partial charge in [0.15, 0.2) is 47.7 Å². The topological polar surface area (TPSA) is 1170 Å². The Morgan fingerprint density at radius 3 is 0.537 bits per heavy atom. The number of carboxylic acids is 3. The van der Waals surface area contributed by atoms with Crippen LogP contribution in [0.1, 0.15) is 193 Å². The molecule has 0 aromatic heterocycles. The molecule has 0 aromatic rings. The number of hydrogen-bond acceptors (Lipinski definition) is 31. The number of carboxylic acid groups (broad SMARTS) is 3. The Kier molecular flexibility index (Phi) is 69.7. The van der Waals surface area contributed by atoms with Crippen LogP contribution in [0.3, 0.4) is 0 Å². The lowest BCUT2D eigenvalue weighted by atomic mass is 10.0. The number of carbonyl (C=O) groups excluding carboxylic acids is 15. The molecule has 0 spiro atoms. The molecule has 0 unspecified atom stereocenters. The standard InChI is InChI=1S/C84H162N44O21/c85-29-5-1-18-48(118-63(135)45(89)17-9-33-106-77(90)91)66(138)121-50(20-3-7-31-87)68(140)124-54(26-14-38-111-82(100)101)72(144)126-52(24-12-36-109-80(96)97)70(142)119-46(22-10-34-107-78(92)93)64(136)114-43-59(129)116-57(41-61(131)132)75(147)128-56(28-16-40-113-84(104)105)74(146)123-49(19-2-6-30-86)67(139)122-51(21-4-8-32-88)69(141)125-55(27-15-39-112-83(102)103)73(145)127-53(25-13-37-110-81(98)99)71(143)120-47(23-11-35-108-79(94)95)65(137)115-44-60(130)117-58(76(148)149)42-62(133)134/h45-58H,1-44,85-89H2,(H,114,136)(H,115,137)(H,116,129)(H,117,130)(H,118,135)(H,119,142)(H,120,143)(H,121,138)(H,122,139)(H,123,146)(H,124,140)(H,125,141)(H,126,144)(H,127,145)(H,128,147)(H,131,132)(H,133,134)(H,148,149)(H4,90,91,106)(H4,92,93,107)(H4,94,95,108)(H4,96,97,109)(H4,98,99,110)(H4,100,101,111)(H4,102,103,112)(H4,104,105,113)/t45-,46-,47-,48-,49-,50-,51-,52-,53-,54-,55-,56-,57-,58-/m0/s1. The largest absolute Gasteiger partial charge is 0.481 e. The van der Waals surface area contributed by atoms with Gasteiger partial charge in [-0.05, 0) is 206 Å². The van der Waals surface area contributed by atoms with E-state index in [-0.39, 0.29) is 239 Å². The van der Waals surface area contributed by atoms with Crippen molar-refractivity contribution in [1.82, 2.24) is 122 Å². The number of amides is 15. The molecule has 844 valence electrons. The number of guanidine groups is 8. The first-order valence-electron chi connectivity index (χ1n) is 48.8. The molecule has 65 nitrogen and oxygen atoms in total. The normalized spacial score (nSPS) is 13.6. The van der Waals surface area contributed by atoms with E-state index in [0.29, 0.717) is 25.7 Å². The molecule has 149 heavy (non-hydrogen) atoms. The van der Waals surface area contributed by atoms with Crippen molar-refractivity contribution in [2.24, 2.45) is 74.5 Å². The Bertz CT molecular complexity index is 4370. The molecular formula is C84H162N44O21. The average molecular weight is 2120 g/mol. The van der Waals surface area contributed by atoms with E-state index in [4.69, 9.17) is 123 Å². The summed E-state index contributed by atoms with van der Waals surface area (Å²) in [6.45, 7) is -1.76. The molecule has 0 saturated heterocycles. The average Bonchev–Trinajstić information content (AvgIpc) is 0.854. The van der Waals surface area contributed by atoms with Crippen LogP contribution in [0.25, 0.3) is 0 Å². The summed E-state index contributed by atoms with van der Waals surface area (Å²) in [5, 5.41) is 148. The van der Waals surface area contributed by atoms with Crippen molar-refractivity contribution in [3.63, 3.8) is 0 Å². The molecule has 0 rings (SSSR count). The summed E-state index contributed by atoms with van der Waals surface area (Å²) in [6.07, 6.45) is -2.36. The van der Waals surface area contributed by atoms with Crippen LogP contribution in [-0.2, 0) is 86.3 Å². The second kappa shape index (κ2) is 77.8. The third-order valence-electron chi connectivity index (χ3n) is 21.9. The number of rotatable bonds is 83. The van der Waals surface area contributed by atoms with E-state index in [1.165, 1.54) is 0 Å². The molecule has 0 aliphatic heterocycles. The summed E-state index contributed by atoms with van der Waals surface area (Å²) in [6, 6.07) is -22.4. The molecular weight excluding hydrogens is 1960 g/mol. The molecule has 0 aliphatic carbocycles. The Balaban J connectivity index is 7.84. The summed E-state index contributed by atoms with van der Waals surface area (Å²) in [5.74, 6) is -24.4. The summed E-state index contributed by atoms with van der Waals surface area (Å²) < 4.78 is 0. The van der Waals surface area contributed by atoms with Gasteiger partial charge in [0, 0.05) is 52.4 Å². The number of nitrogens with two attached hydrogens (primary N) is 13. The van der Waals surface area contributed by atoms with Gasteiger partial charge in [0.2, 0.25) is 88.6 Å². The molecule has 15 amide bonds. The predicted octanol–water partition coefficient (Wildman–Crippen LogP) is -15.5. The summed E-state index contributed by atoms with van der Waals surface area (Å²) in [4.78, 5) is 251. The van der Waals surface area contributed by atoms with E-state index in [0.717, 1.165) is 0 Å². The third-order valence-corrected chi connectivity index (χ3v) is 21.9. The monoisotopic (exact) mass is 2120 g/mol. The highest BCUT2D eigenvalue weighted by atomic mass is 16.4. The fourth-order valence-corrected chi connectivity index (χ4v) is 14.1. The van der Waals surface area contributed by atoms with Crippen LogP contribution in [0.5, 0.6) is 0 Å². The van der Waals surface area contributed by atoms with Crippen LogP contribution < -0.4 is 197 Å². The van der Waals surface area contributed by atoms with E-state index in [1.54, 1.807) is 0 Å². The van der Waals surface area contributed by atoms with E-state index in [2.05, 4.69) is 117 Å². The maximum absolute atomic E-state index is 14.9. The van der Waals surface area contributed by atoms with E-state index < -0.39 is 259 Å². The molecule has 65 heteroatoms. The maximum atomic E-state index is 14.9. The molecule has 14 atom stereocenters. The molecule has 0 bridgehead atoms. The Labute approximate surface area is 861 Å². The smallest absolute Gasteiger partial charge is 0.326 e. The van der Waals surface area contributed by atoms with Gasteiger partial charge in [-0.3, -0.25) is 125 Å². The minimum atomic E-state index is -2.09. The number of carbonyl (C=O) groups is 18. The lowest BCUT2D eigenvalue weighted by Gasteiger charge is -2.28. The fraction of sp³-hybridized carbons (Fsp3) is 0.690. The Morgan fingerprint density at radius 1 is 0.195 bits per heavy atom. The van der Waals surface area contributed by atoms with Crippen LogP contribution >= 0.6 is 0 Å². The highest BCUT2D eigenvalue weighted by Crippen LogP contribution is 2.15. The van der Waals surface area contributed by atoms with E-state index in [1.807, 2.05) is 5.32 Å². The van der Waals surface area contributed by atoms with Gasteiger partial charge in [-0.1, -0.05) is 0 Å². The molecule has 0 aliphatic rings. The lowest BCUT2D eigenvalue weighted by Crippen LogP contribution is -2.60. The van der Waals surface area contributed by atoms with Crippen LogP contribution in [0.4, 0.5) is 0 Å². The zero-order valence-electron chi connectivity index (χ0n) is 83.9. The van der Waals surface area contributed by atoms with Gasteiger partial charge >= 0.3 is 17.9 Å². The highest BCUT2D eigenvalue weighted by molar-refractivity contribution is 6.01. The minimum Gasteiger partial charge on any atom is -0.481 e. The van der Waals surface area contributed by atoms with Crippen LogP contribution in [-0.4, -0.2) is 346 Å². The molecule has 0 radical (unpaired) electrons. The zero-order chi connectivity index (χ0) is 112. The van der Waals surface area contributed by atoms with Gasteiger partial charge in [-0.2, -0.15) is 0 Å². The van der Waals surface area contributed by atoms with Gasteiger partial charge in [0.25, 0.3) is 0 Å². The molecule has 0 saturated carbocycles. The fourth-order valence-electron chi connectivity index (χ4n) is 14.1. The number of hydrogen-bond donors (Lipinski definition) is 47. The van der Waals surface area contributed by atoms with Crippen molar-refractivity contribution in [2.75, 3.05) is 91.6 Å². The summed E-state index contributed by atoms with van der Waals surface area (Å²) >= 11 is 0. The zero-order valence-corrected chi connectivity index (χ0v) is 83.9. The summed E-state index contributed by atoms with van der Waals surface area (Å²) in [5.41, 5.74) is 73.6. The SMILES string of the molecule is N=C(N)NCCC[C@H](NC(=O)[C@H](CCCNC(=N)N)NC(=O)[C@H](CCCNC(=N)N)NC(=O)[C@H](CCCCN)NC(=O)[C@H](CCCCN)NC(=O)[C@H](CCCNC(=N)N)NC(=O)[C@H](CC(=O)O)NC(=O)CNC(=O)[C@H](CCCNC(=N)N)NC(=O)[C@H](CCCNC(=N)N)NC(=O)[C@H](CCCNC(=N)N)NC(=O)[C@H](CCCCN)NC(=O)[C@H](CCCCN)NC(=O)[C@@H](N)CCCNC(=N)N)C(=O)NCC(=O)N[C@@H](CC(=O)O)C(=O)O. The second-order valence-electron chi connectivity index (χ2n) is 34.5. The van der Waals surface area contributed by atoms with Crippen molar-refractivity contribution >= 4 is 154 Å². The van der Waals surface area contributed by atoms with Gasteiger partial charge < -0.3 is 212 Å². The van der Waals surface area contributed by atoms with Crippen LogP contribution in [0.15, 0.2) is 0 Å². The van der Waals surface area contributed by atoms with Crippen LogP contribution in [0, 0.1) is 43.3 Å². The first-order chi connectivity index (χ1) is 70.5. The van der Waals surface area contributed by atoms with Crippen molar-refractivity contribution in [1.29, 1.82) is 43.3 Å². The first kappa shape index (κ1) is 133. The van der Waals surface area contributed by atoms with Crippen molar-refractivity contribution in [3.05, 3.63) is 0 Å². The van der Waals surface area contributed by atoms with E-state index >= 15 is 0 Å². The van der Waals surface area contributed by atoms with Gasteiger partial charge in [0.05, 0.1) is 32.0 Å². The lowest BCUT2D eigenvalue weighted by molar-refractivity contribution is -0.147. The Morgan fingerprint density at radius 2 is 0.356 bits per heavy atom. The van der Waals surface area contributed by atoms with Gasteiger partial charge in [-0.15, -0.1) is 0 Å². The Hall–Kier alpha value is -15.6. The highest BCUT2D eigenvalue weighted by Gasteiger charge is 2.39. The minimum absolute atomic E-state index is 0.00317. The molecule has 0 fully saturated rings. The van der Waals surface area contributed by atoms with E-state index in [9.17, 15) is 96.5 Å². The van der Waals surface area contributed by atoms with Gasteiger partial charge in [0.1, 0.15) is 78.5 Å². The predicted molar refractivity (Wildman–Crippen MR) is 546 cm³/mol. The number of nitrogens with one attached hydrogen (secondary N) is 31. The van der Waals surface area contributed by atoms with Gasteiger partial charge in [-0.25, -0.2) is 4.79 Å². The second-order valence-corrected chi connectivity index (χ2v) is 34.5. The first-order valence-corrected chi connectivity index (χ1v) is 48.8.